The molecule has 0 aromatic heterocycles. The summed E-state index contributed by atoms with van der Waals surface area (Å²) in [7, 11) is 3.37. The minimum Gasteiger partial charge on any atom is -0.508 e. The standard InChI is InChI=1S/C46H49FN4O4.C30H34FNO3.C28H28FNO2.C17H20N4O3/c47-42-26-35(8-13-41(42)45-38(31-4-2-1-3-5-31)11-6-32-25-36(52)9-14-39(32)45)49-18-16-30(17-19-49)28-48-20-22-50(23-21-48)34-7-12-40-33(24-34)29-51(46(40)55)43-15-10-37(53)27-44(43)54;1-34-30(35-2)21-14-16-32(17-15-21)23-9-12-27(28(31)19-23)29-25(20-6-4-3-5-7-20)11-8-22-18-24(33)10-13-26(22)29;29-27-17-22(30-14-12-19(18-31)13-15-30)7-10-26(27)28-24(20-4-2-1-3-5-20)9-6-21-16-23(32)8-11-25(21)28;22-15-4-3-14(16(23)19-15)21-10-11-9-12(1-2-13(11)17(21)24)20-7-5-18-6-8-20/h1-5,7-9,12-14,24-26,30,38,43,45,52H,6,10-11,15-23,27-29H2;3-7,9-10,12-13,18-19,21,25,29-30,33H,8,11,14-17H2,1-2H3;1-5,7-8,10-11,16-19,24,28,32H,6,9,12-15H2;1-2,9,14,18H,3-8,10H2,(H,19,22,23)/t38-,43?,45+;25-,29+;24-,28+;/m111./s1. The molecule has 2 unspecified atom stereocenters. The SMILES string of the molecule is COC(OC)C1CCN(c2ccc([C@@H]3c4ccc(O)cc4CC[C@@H]3c3ccccc3)c(F)c2)CC1.O=C1CCC(N2Cc3cc(N4CCN(CC5CCN(c6ccc([C@@H]7c8ccc(O)cc8CC[C@@H]7c7ccccc7)c(F)c6)CC5)CC4)ccc3C2=O)C(=O)C1.O=C1CCC(N2Cc3cc(N4CCNCC4)ccc3C2=O)C(=O)N1.O=CC1CCN(c2ccc([C@@H]3c4ccc(O)cc4CC[C@@H]3c3ccccc3)c(F)c2)CC1. The van der Waals surface area contributed by atoms with E-state index in [0.29, 0.717) is 60.9 Å². The van der Waals surface area contributed by atoms with Gasteiger partial charge in [0.1, 0.15) is 52.8 Å². The van der Waals surface area contributed by atoms with Crippen molar-refractivity contribution in [3.63, 3.8) is 0 Å². The van der Waals surface area contributed by atoms with E-state index in [1.54, 1.807) is 60.4 Å². The van der Waals surface area contributed by atoms with Crippen LogP contribution in [0, 0.1) is 35.2 Å². The number of halogens is 3. The largest absolute Gasteiger partial charge is 0.508 e. The van der Waals surface area contributed by atoms with Crippen LogP contribution in [0.15, 0.2) is 237 Å². The third-order valence-electron chi connectivity index (χ3n) is 33.2. The molecule has 758 valence electrons. The van der Waals surface area contributed by atoms with Gasteiger partial charge in [-0.15, -0.1) is 0 Å². The average Bonchev–Trinajstić information content (AvgIpc) is 1.08. The number of phenolic OH excluding ortho intramolecular Hbond substituents is 3. The number of nitrogens with one attached hydrogen (secondary N) is 2. The van der Waals surface area contributed by atoms with Gasteiger partial charge < -0.3 is 69.2 Å². The number of amides is 4. The van der Waals surface area contributed by atoms with Crippen molar-refractivity contribution >= 4 is 69.9 Å². The summed E-state index contributed by atoms with van der Waals surface area (Å²) in [5.74, 6) is 0.561. The second-order valence-electron chi connectivity index (χ2n) is 41.7. The van der Waals surface area contributed by atoms with Crippen LogP contribution in [0.25, 0.3) is 0 Å². The van der Waals surface area contributed by atoms with Gasteiger partial charge in [-0.05, 0) is 301 Å². The number of phenols is 3. The highest BCUT2D eigenvalue weighted by Crippen LogP contribution is 2.53. The van der Waals surface area contributed by atoms with Crippen molar-refractivity contribution < 1.29 is 71.5 Å². The number of aryl methyl sites for hydroxylation is 3. The maximum atomic E-state index is 16.3. The third kappa shape index (κ3) is 21.7. The summed E-state index contributed by atoms with van der Waals surface area (Å²) in [6, 6.07) is 76.0. The summed E-state index contributed by atoms with van der Waals surface area (Å²) in [6.07, 6.45) is 13.3. The van der Waals surface area contributed by atoms with E-state index in [1.165, 1.54) is 16.7 Å². The third-order valence-corrected chi connectivity index (χ3v) is 33.2. The van der Waals surface area contributed by atoms with E-state index in [1.807, 2.05) is 115 Å². The number of piperazine rings is 2. The van der Waals surface area contributed by atoms with Gasteiger partial charge in [-0.1, -0.05) is 127 Å². The van der Waals surface area contributed by atoms with E-state index < -0.39 is 12.1 Å². The lowest BCUT2D eigenvalue weighted by Crippen LogP contribution is -2.52. The number of ether oxygens (including phenoxy) is 2. The van der Waals surface area contributed by atoms with Gasteiger partial charge in [-0.25, -0.2) is 13.2 Å². The molecule has 5 N–H and O–H groups in total. The second kappa shape index (κ2) is 44.9. The van der Waals surface area contributed by atoms with Crippen molar-refractivity contribution in [3.05, 3.63) is 343 Å². The number of benzene rings is 11. The molecule has 0 bridgehead atoms. The Morgan fingerprint density at radius 1 is 0.377 bits per heavy atom. The number of aldehydes is 1. The fourth-order valence-corrected chi connectivity index (χ4v) is 25.4. The molecule has 8 aliphatic heterocycles. The fraction of sp³-hybridized carbons (Fsp3) is 0.397. The number of aromatic hydroxyl groups is 3. The van der Waals surface area contributed by atoms with E-state index in [4.69, 9.17) is 9.47 Å². The van der Waals surface area contributed by atoms with Gasteiger partial charge in [0.05, 0.1) is 12.5 Å². The molecule has 146 heavy (non-hydrogen) atoms. The molecule has 11 aromatic carbocycles. The number of hydrogen-bond acceptors (Lipinski definition) is 19. The zero-order valence-electron chi connectivity index (χ0n) is 83.3. The van der Waals surface area contributed by atoms with Gasteiger partial charge in [-0.3, -0.25) is 39.0 Å². The van der Waals surface area contributed by atoms with Crippen LogP contribution in [0.1, 0.15) is 224 Å². The van der Waals surface area contributed by atoms with Crippen LogP contribution in [0.2, 0.25) is 0 Å². The van der Waals surface area contributed by atoms with Crippen molar-refractivity contribution in [2.75, 3.05) is 137 Å². The van der Waals surface area contributed by atoms with Gasteiger partial charge in [-0.2, -0.15) is 0 Å². The van der Waals surface area contributed by atoms with Crippen molar-refractivity contribution in [2.45, 2.75) is 176 Å². The van der Waals surface area contributed by atoms with Crippen molar-refractivity contribution in [1.82, 2.24) is 25.3 Å². The van der Waals surface area contributed by atoms with E-state index in [2.05, 4.69) is 125 Å². The van der Waals surface area contributed by atoms with Gasteiger partial charge in [0.2, 0.25) is 11.8 Å². The Morgan fingerprint density at radius 2 is 0.753 bits per heavy atom. The van der Waals surface area contributed by atoms with Crippen molar-refractivity contribution in [2.24, 2.45) is 17.8 Å². The smallest absolute Gasteiger partial charge is 0.255 e. The number of fused-ring (bicyclic) bond motifs is 5. The molecule has 0 radical (unpaired) electrons. The van der Waals surface area contributed by atoms with E-state index >= 15 is 13.2 Å². The van der Waals surface area contributed by atoms with E-state index in [0.717, 1.165) is 266 Å². The zero-order chi connectivity index (χ0) is 101. The summed E-state index contributed by atoms with van der Waals surface area (Å²) in [4.78, 5) is 102. The monoisotopic (exact) mass is 1970 g/mol. The van der Waals surface area contributed by atoms with Crippen LogP contribution >= 0.6 is 0 Å². The Labute approximate surface area is 852 Å². The highest BCUT2D eigenvalue weighted by atomic mass is 19.1. The van der Waals surface area contributed by atoms with Gasteiger partial charge in [0, 0.05) is 207 Å². The minimum atomic E-state index is -0.551. The summed E-state index contributed by atoms with van der Waals surface area (Å²) in [5.41, 5.74) is 20.7. The average molecular weight is 1970 g/mol. The first-order chi connectivity index (χ1) is 71.1. The van der Waals surface area contributed by atoms with E-state index in [-0.39, 0.29) is 130 Å². The lowest BCUT2D eigenvalue weighted by Gasteiger charge is -2.40. The second-order valence-corrected chi connectivity index (χ2v) is 41.7. The molecule has 22 nitrogen and oxygen atoms in total. The molecule has 7 fully saturated rings. The lowest BCUT2D eigenvalue weighted by atomic mass is 9.69. The molecule has 25 heteroatoms. The molecule has 23 rings (SSSR count). The molecule has 12 aliphatic rings. The van der Waals surface area contributed by atoms with Gasteiger partial charge in [0.25, 0.3) is 11.8 Å². The van der Waals surface area contributed by atoms with Crippen LogP contribution in [-0.4, -0.2) is 202 Å². The molecule has 0 spiro atoms. The topological polar surface area (TPSA) is 249 Å². The molecule has 8 heterocycles. The Morgan fingerprint density at radius 3 is 1.16 bits per heavy atom. The van der Waals surface area contributed by atoms with Crippen molar-refractivity contribution in [3.8, 4) is 17.2 Å². The molecule has 6 saturated heterocycles. The first kappa shape index (κ1) is 99.9. The number of methoxy groups -OCH3 is 2. The quantitative estimate of drug-likeness (QED) is 0.0218. The maximum Gasteiger partial charge on any atom is 0.255 e. The number of carbonyl (C=O) groups is 7. The molecular formula is C121H131F3N10O12. The molecule has 4 aliphatic carbocycles. The Bertz CT molecular complexity index is 6570. The minimum absolute atomic E-state index is 0.0290. The molecule has 1 saturated carbocycles. The zero-order valence-corrected chi connectivity index (χ0v) is 83.3. The highest BCUT2D eigenvalue weighted by Gasteiger charge is 2.45. The van der Waals surface area contributed by atoms with Crippen LogP contribution in [0.5, 0.6) is 17.2 Å². The number of rotatable bonds is 19. The first-order valence-corrected chi connectivity index (χ1v) is 52.6. The Balaban J connectivity index is 0.000000124. The summed E-state index contributed by atoms with van der Waals surface area (Å²) in [6.45, 7) is 14.6. The number of imide groups is 1. The number of carbonyl (C=O) groups excluding carboxylic acids is 7. The summed E-state index contributed by atoms with van der Waals surface area (Å²) >= 11 is 0. The first-order valence-electron chi connectivity index (χ1n) is 52.6. The maximum absolute atomic E-state index is 16.3. The number of hydrogen-bond donors (Lipinski definition) is 5. The number of piperidine rings is 4. The summed E-state index contributed by atoms with van der Waals surface area (Å²) < 4.78 is 58.7. The molecule has 11 aromatic rings. The van der Waals surface area contributed by atoms with Crippen LogP contribution in [-0.2, 0) is 65.8 Å². The number of ketones is 2. The molecule has 4 amide bonds. The van der Waals surface area contributed by atoms with Crippen LogP contribution < -0.4 is 35.1 Å². The van der Waals surface area contributed by atoms with E-state index in [9.17, 15) is 48.9 Å². The predicted molar refractivity (Wildman–Crippen MR) is 560 cm³/mol. The van der Waals surface area contributed by atoms with Crippen LogP contribution in [0.3, 0.4) is 0 Å². The molecular weight excluding hydrogens is 1840 g/mol. The number of Topliss-reactive ketones (excluding diaryl/α,β-unsaturated/α-hetero) is 2. The predicted octanol–water partition coefficient (Wildman–Crippen LogP) is 19.0. The highest BCUT2D eigenvalue weighted by molar-refractivity contribution is 6.08. The van der Waals surface area contributed by atoms with Gasteiger partial charge in [0.15, 0.2) is 12.1 Å². The molecule has 8 atom stereocenters. The fourth-order valence-electron chi connectivity index (χ4n) is 25.4. The van der Waals surface area contributed by atoms with Gasteiger partial charge >= 0.3 is 0 Å². The van der Waals surface area contributed by atoms with Crippen LogP contribution in [0.4, 0.5) is 41.6 Å². The Kier molecular flexibility index (Phi) is 30.7. The normalized spacial score (nSPS) is 22.5. The lowest BCUT2D eigenvalue weighted by molar-refractivity contribution is -0.141. The van der Waals surface area contributed by atoms with Crippen molar-refractivity contribution in [1.29, 1.82) is 0 Å². The number of nitrogens with zero attached hydrogens (tertiary/aromatic N) is 8. The summed E-state index contributed by atoms with van der Waals surface area (Å²) in [5, 5.41) is 35.9. The number of anilines is 5. The Hall–Kier alpha value is -13.5.